The van der Waals surface area contributed by atoms with E-state index in [1.54, 1.807) is 43.3 Å². The molecule has 0 aromatic heterocycles. The van der Waals surface area contributed by atoms with E-state index < -0.39 is 7.12 Å². The summed E-state index contributed by atoms with van der Waals surface area (Å²) in [6.07, 6.45) is 0. The average Bonchev–Trinajstić information content (AvgIpc) is 2.37. The third kappa shape index (κ3) is 3.33. The number of rotatable bonds is 4. The molecular formula is C14H14BFO3. The fourth-order valence-corrected chi connectivity index (χ4v) is 1.80. The summed E-state index contributed by atoms with van der Waals surface area (Å²) in [6.45, 7) is 1.89. The molecule has 0 bridgehead atoms. The molecule has 0 fully saturated rings. The number of aryl methyl sites for hydroxylation is 1. The molecule has 0 radical (unpaired) electrons. The lowest BCUT2D eigenvalue weighted by molar-refractivity contribution is 0.299. The second kappa shape index (κ2) is 5.86. The summed E-state index contributed by atoms with van der Waals surface area (Å²) in [5.74, 6) is 0.256. The van der Waals surface area contributed by atoms with E-state index in [4.69, 9.17) is 14.8 Å². The van der Waals surface area contributed by atoms with Gasteiger partial charge in [-0.3, -0.25) is 0 Å². The highest BCUT2D eigenvalue weighted by atomic mass is 19.1. The van der Waals surface area contributed by atoms with Crippen molar-refractivity contribution < 1.29 is 19.2 Å². The first kappa shape index (κ1) is 13.6. The predicted molar refractivity (Wildman–Crippen MR) is 71.7 cm³/mol. The number of hydrogen-bond acceptors (Lipinski definition) is 3. The van der Waals surface area contributed by atoms with E-state index in [9.17, 15) is 4.39 Å². The topological polar surface area (TPSA) is 49.7 Å². The van der Waals surface area contributed by atoms with E-state index in [2.05, 4.69) is 0 Å². The molecule has 0 unspecified atom stereocenters. The average molecular weight is 260 g/mol. The van der Waals surface area contributed by atoms with E-state index in [-0.39, 0.29) is 12.4 Å². The normalized spacial score (nSPS) is 10.3. The van der Waals surface area contributed by atoms with Crippen LogP contribution in [0.3, 0.4) is 0 Å². The van der Waals surface area contributed by atoms with Crippen LogP contribution in [0.1, 0.15) is 11.1 Å². The molecule has 19 heavy (non-hydrogen) atoms. The maximum absolute atomic E-state index is 13.4. The van der Waals surface area contributed by atoms with Crippen molar-refractivity contribution in [2.24, 2.45) is 0 Å². The van der Waals surface area contributed by atoms with E-state index in [1.165, 1.54) is 6.07 Å². The van der Waals surface area contributed by atoms with Crippen LogP contribution >= 0.6 is 0 Å². The van der Waals surface area contributed by atoms with E-state index >= 15 is 0 Å². The van der Waals surface area contributed by atoms with Crippen molar-refractivity contribution in [3.63, 3.8) is 0 Å². The van der Waals surface area contributed by atoms with Crippen LogP contribution in [-0.4, -0.2) is 17.2 Å². The first-order valence-electron chi connectivity index (χ1n) is 5.91. The molecule has 0 heterocycles. The van der Waals surface area contributed by atoms with Crippen LogP contribution in [0.2, 0.25) is 0 Å². The zero-order chi connectivity index (χ0) is 13.8. The van der Waals surface area contributed by atoms with Gasteiger partial charge >= 0.3 is 7.12 Å². The van der Waals surface area contributed by atoms with Gasteiger partial charge in [0.25, 0.3) is 0 Å². The minimum Gasteiger partial charge on any atom is -0.489 e. The molecule has 0 aliphatic heterocycles. The molecule has 98 valence electrons. The summed E-state index contributed by atoms with van der Waals surface area (Å²) < 4.78 is 18.9. The highest BCUT2D eigenvalue weighted by molar-refractivity contribution is 6.59. The lowest BCUT2D eigenvalue weighted by Gasteiger charge is -2.10. The van der Waals surface area contributed by atoms with Crippen LogP contribution in [0.4, 0.5) is 4.39 Å². The van der Waals surface area contributed by atoms with Crippen molar-refractivity contribution in [2.45, 2.75) is 13.5 Å². The van der Waals surface area contributed by atoms with Crippen LogP contribution in [0, 0.1) is 12.7 Å². The van der Waals surface area contributed by atoms with E-state index in [0.717, 1.165) is 0 Å². The van der Waals surface area contributed by atoms with Gasteiger partial charge in [-0.1, -0.05) is 24.3 Å². The molecule has 2 rings (SSSR count). The molecule has 0 atom stereocenters. The molecule has 3 nitrogen and oxygen atoms in total. The number of benzene rings is 2. The Bertz CT molecular complexity index is 572. The molecule has 2 aromatic rings. The Balaban J connectivity index is 2.08. The van der Waals surface area contributed by atoms with Gasteiger partial charge in [0.2, 0.25) is 0 Å². The van der Waals surface area contributed by atoms with Crippen LogP contribution in [0.25, 0.3) is 0 Å². The summed E-state index contributed by atoms with van der Waals surface area (Å²) in [5, 5.41) is 18.2. The monoisotopic (exact) mass is 260 g/mol. The maximum atomic E-state index is 13.4. The van der Waals surface area contributed by atoms with Crippen molar-refractivity contribution in [1.29, 1.82) is 0 Å². The predicted octanol–water partition coefficient (Wildman–Crippen LogP) is 1.39. The Morgan fingerprint density at radius 2 is 1.89 bits per heavy atom. The van der Waals surface area contributed by atoms with Crippen LogP contribution in [0.5, 0.6) is 5.75 Å². The third-order valence-electron chi connectivity index (χ3n) is 2.87. The van der Waals surface area contributed by atoms with Crippen molar-refractivity contribution in [2.75, 3.05) is 0 Å². The molecule has 0 amide bonds. The van der Waals surface area contributed by atoms with Crippen molar-refractivity contribution in [3.8, 4) is 5.75 Å². The van der Waals surface area contributed by atoms with Crippen LogP contribution in [0.15, 0.2) is 42.5 Å². The largest absolute Gasteiger partial charge is 0.489 e. The Hall–Kier alpha value is -1.85. The second-order valence-corrected chi connectivity index (χ2v) is 4.27. The Morgan fingerprint density at radius 1 is 1.16 bits per heavy atom. The smallest absolute Gasteiger partial charge is 0.488 e. The lowest BCUT2D eigenvalue weighted by Crippen LogP contribution is -2.31. The zero-order valence-corrected chi connectivity index (χ0v) is 10.5. The van der Waals surface area contributed by atoms with E-state index in [0.29, 0.717) is 22.3 Å². The summed E-state index contributed by atoms with van der Waals surface area (Å²) in [4.78, 5) is 0. The minimum atomic E-state index is -1.50. The molecule has 2 N–H and O–H groups in total. The Morgan fingerprint density at radius 3 is 2.53 bits per heavy atom. The fraction of sp³-hybridized carbons (Fsp3) is 0.143. The van der Waals surface area contributed by atoms with Gasteiger partial charge in [-0.2, -0.15) is 0 Å². The third-order valence-corrected chi connectivity index (χ3v) is 2.87. The van der Waals surface area contributed by atoms with Gasteiger partial charge in [0.1, 0.15) is 18.2 Å². The van der Waals surface area contributed by atoms with Gasteiger partial charge in [-0.25, -0.2) is 4.39 Å². The fourth-order valence-electron chi connectivity index (χ4n) is 1.80. The quantitative estimate of drug-likeness (QED) is 0.817. The van der Waals surface area contributed by atoms with Crippen molar-refractivity contribution >= 4 is 12.6 Å². The van der Waals surface area contributed by atoms with Gasteiger partial charge in [-0.05, 0) is 36.1 Å². The highest BCUT2D eigenvalue weighted by Crippen LogP contribution is 2.15. The number of halogens is 1. The molecule has 0 spiro atoms. The van der Waals surface area contributed by atoms with Crippen LogP contribution in [-0.2, 0) is 6.61 Å². The van der Waals surface area contributed by atoms with Gasteiger partial charge in [0.05, 0.1) is 0 Å². The second-order valence-electron chi connectivity index (χ2n) is 4.27. The summed E-state index contributed by atoms with van der Waals surface area (Å²) in [5.41, 5.74) is 1.62. The number of ether oxygens (including phenoxy) is 1. The van der Waals surface area contributed by atoms with Crippen LogP contribution < -0.4 is 10.2 Å². The first-order chi connectivity index (χ1) is 9.08. The van der Waals surface area contributed by atoms with Gasteiger partial charge in [0.15, 0.2) is 0 Å². The SMILES string of the molecule is Cc1cc(OCc2ccccc2F)ccc1B(O)O. The molecular weight excluding hydrogens is 246 g/mol. The van der Waals surface area contributed by atoms with Gasteiger partial charge in [0, 0.05) is 5.56 Å². The summed E-state index contributed by atoms with van der Waals surface area (Å²) in [7, 11) is -1.50. The first-order valence-corrected chi connectivity index (χ1v) is 5.91. The highest BCUT2D eigenvalue weighted by Gasteiger charge is 2.14. The molecule has 0 saturated heterocycles. The van der Waals surface area contributed by atoms with Crippen molar-refractivity contribution in [1.82, 2.24) is 0 Å². The maximum Gasteiger partial charge on any atom is 0.488 e. The Labute approximate surface area is 111 Å². The number of hydrogen-bond donors (Lipinski definition) is 2. The Kier molecular flexibility index (Phi) is 4.19. The molecule has 2 aromatic carbocycles. The standard InChI is InChI=1S/C14H14BFO3/c1-10-8-12(6-7-13(10)15(17)18)19-9-11-4-2-3-5-14(11)16/h2-8,17-18H,9H2,1H3. The van der Waals surface area contributed by atoms with Crippen molar-refractivity contribution in [3.05, 3.63) is 59.4 Å². The molecule has 0 saturated carbocycles. The zero-order valence-electron chi connectivity index (χ0n) is 10.5. The molecule has 0 aliphatic carbocycles. The van der Waals surface area contributed by atoms with Gasteiger partial charge < -0.3 is 14.8 Å². The lowest BCUT2D eigenvalue weighted by atomic mass is 9.77. The molecule has 5 heteroatoms. The summed E-state index contributed by atoms with van der Waals surface area (Å²) in [6, 6.07) is 11.3. The van der Waals surface area contributed by atoms with E-state index in [1.807, 2.05) is 0 Å². The summed E-state index contributed by atoms with van der Waals surface area (Å²) >= 11 is 0. The minimum absolute atomic E-state index is 0.132. The molecule has 0 aliphatic rings. The van der Waals surface area contributed by atoms with Gasteiger partial charge in [-0.15, -0.1) is 0 Å².